The van der Waals surface area contributed by atoms with Crippen LogP contribution in [0.5, 0.6) is 11.5 Å². The van der Waals surface area contributed by atoms with Gasteiger partial charge in [0.25, 0.3) is 0 Å². The van der Waals surface area contributed by atoms with Crippen molar-refractivity contribution in [2.45, 2.75) is 6.04 Å². The van der Waals surface area contributed by atoms with Crippen molar-refractivity contribution in [3.63, 3.8) is 0 Å². The van der Waals surface area contributed by atoms with Gasteiger partial charge in [-0.2, -0.15) is 0 Å². The Morgan fingerprint density at radius 2 is 1.90 bits per heavy atom. The van der Waals surface area contributed by atoms with E-state index in [1.54, 1.807) is 37.4 Å². The summed E-state index contributed by atoms with van der Waals surface area (Å²) < 4.78 is 10.1. The second-order valence-corrected chi connectivity index (χ2v) is 4.40. The van der Waals surface area contributed by atoms with Crippen LogP contribution in [0.15, 0.2) is 48.5 Å². The molecule has 0 heterocycles. The number of carbonyl (C=O) groups excluding carboxylic acids is 1. The second-order valence-electron chi connectivity index (χ2n) is 4.40. The van der Waals surface area contributed by atoms with Gasteiger partial charge in [-0.25, -0.2) is 4.79 Å². The van der Waals surface area contributed by atoms with E-state index in [1.807, 2.05) is 12.1 Å². The number of hydrogen-bond acceptors (Lipinski definition) is 5. The number of ether oxygens (including phenoxy) is 2. The molecular weight excluding hydrogens is 270 g/mol. The zero-order valence-electron chi connectivity index (χ0n) is 11.9. The Hall–Kier alpha value is -2.69. The smallest absolute Gasteiger partial charge is 0.332 e. The first-order valence-electron chi connectivity index (χ1n) is 6.42. The van der Waals surface area contributed by atoms with Crippen molar-refractivity contribution in [3.8, 4) is 11.5 Å². The van der Waals surface area contributed by atoms with Crippen LogP contribution in [0.3, 0.4) is 0 Å². The first-order chi connectivity index (χ1) is 10.2. The first-order valence-corrected chi connectivity index (χ1v) is 6.42. The van der Waals surface area contributed by atoms with Gasteiger partial charge < -0.3 is 19.9 Å². The fourth-order valence-electron chi connectivity index (χ4n) is 2.02. The maximum Gasteiger partial charge on any atom is 0.332 e. The van der Waals surface area contributed by atoms with Gasteiger partial charge in [-0.3, -0.25) is 0 Å². The molecule has 0 saturated carbocycles. The molecule has 0 aliphatic heterocycles. The predicted molar refractivity (Wildman–Crippen MR) is 79.5 cm³/mol. The molecule has 1 unspecified atom stereocenters. The molecule has 0 saturated heterocycles. The van der Waals surface area contributed by atoms with Crippen LogP contribution in [0, 0.1) is 0 Å². The van der Waals surface area contributed by atoms with E-state index in [0.717, 1.165) is 0 Å². The lowest BCUT2D eigenvalue weighted by Gasteiger charge is -2.19. The maximum absolute atomic E-state index is 12.0. The van der Waals surface area contributed by atoms with Crippen LogP contribution < -0.4 is 10.1 Å². The third-order valence-corrected chi connectivity index (χ3v) is 3.05. The SMILES string of the molecule is COC(=O)C(Nc1ccccc1OC)c1cccc(O)c1. The highest BCUT2D eigenvalue weighted by Crippen LogP contribution is 2.29. The van der Waals surface area contributed by atoms with Gasteiger partial charge >= 0.3 is 5.97 Å². The topological polar surface area (TPSA) is 67.8 Å². The van der Waals surface area contributed by atoms with Crippen molar-refractivity contribution >= 4 is 11.7 Å². The zero-order chi connectivity index (χ0) is 15.2. The fraction of sp³-hybridized carbons (Fsp3) is 0.188. The summed E-state index contributed by atoms with van der Waals surface area (Å²) in [7, 11) is 2.88. The van der Waals surface area contributed by atoms with Crippen LogP contribution in [-0.4, -0.2) is 25.3 Å². The molecule has 2 rings (SSSR count). The minimum absolute atomic E-state index is 0.0863. The van der Waals surface area contributed by atoms with Crippen molar-refractivity contribution in [1.82, 2.24) is 0 Å². The van der Waals surface area contributed by atoms with E-state index in [2.05, 4.69) is 5.32 Å². The number of rotatable bonds is 5. The van der Waals surface area contributed by atoms with E-state index < -0.39 is 12.0 Å². The number of phenolic OH excluding ortho intramolecular Hbond substituents is 1. The van der Waals surface area contributed by atoms with Crippen LogP contribution in [0.1, 0.15) is 11.6 Å². The number of aromatic hydroxyl groups is 1. The average molecular weight is 287 g/mol. The maximum atomic E-state index is 12.0. The number of para-hydroxylation sites is 2. The van der Waals surface area contributed by atoms with E-state index in [-0.39, 0.29) is 5.75 Å². The van der Waals surface area contributed by atoms with Crippen LogP contribution in [0.25, 0.3) is 0 Å². The van der Waals surface area contributed by atoms with E-state index in [4.69, 9.17) is 9.47 Å². The number of nitrogens with one attached hydrogen (secondary N) is 1. The van der Waals surface area contributed by atoms with Crippen molar-refractivity contribution in [2.75, 3.05) is 19.5 Å². The monoisotopic (exact) mass is 287 g/mol. The zero-order valence-corrected chi connectivity index (χ0v) is 11.9. The van der Waals surface area contributed by atoms with Crippen molar-refractivity contribution in [1.29, 1.82) is 0 Å². The molecule has 21 heavy (non-hydrogen) atoms. The van der Waals surface area contributed by atoms with Gasteiger partial charge in [0.05, 0.1) is 19.9 Å². The molecule has 0 fully saturated rings. The Kier molecular flexibility index (Phi) is 4.66. The quantitative estimate of drug-likeness (QED) is 0.828. The van der Waals surface area contributed by atoms with Crippen LogP contribution in [0.4, 0.5) is 5.69 Å². The largest absolute Gasteiger partial charge is 0.508 e. The Morgan fingerprint density at radius 1 is 1.14 bits per heavy atom. The van der Waals surface area contributed by atoms with E-state index in [9.17, 15) is 9.90 Å². The van der Waals surface area contributed by atoms with Gasteiger partial charge in [0.15, 0.2) is 6.04 Å². The van der Waals surface area contributed by atoms with Crippen LogP contribution >= 0.6 is 0 Å². The van der Waals surface area contributed by atoms with Gasteiger partial charge in [-0.1, -0.05) is 24.3 Å². The Morgan fingerprint density at radius 3 is 2.57 bits per heavy atom. The minimum atomic E-state index is -0.738. The number of benzene rings is 2. The molecule has 0 amide bonds. The van der Waals surface area contributed by atoms with E-state index in [1.165, 1.54) is 13.2 Å². The summed E-state index contributed by atoms with van der Waals surface area (Å²) in [5, 5.41) is 12.7. The molecule has 0 aliphatic rings. The molecule has 5 heteroatoms. The van der Waals surface area contributed by atoms with Crippen molar-refractivity contribution in [3.05, 3.63) is 54.1 Å². The highest BCUT2D eigenvalue weighted by Gasteiger charge is 2.22. The van der Waals surface area contributed by atoms with Gasteiger partial charge in [0, 0.05) is 0 Å². The Labute approximate surface area is 123 Å². The lowest BCUT2D eigenvalue weighted by atomic mass is 10.1. The van der Waals surface area contributed by atoms with Crippen molar-refractivity contribution in [2.24, 2.45) is 0 Å². The number of esters is 1. The highest BCUT2D eigenvalue weighted by atomic mass is 16.5. The van der Waals surface area contributed by atoms with E-state index >= 15 is 0 Å². The molecule has 0 aliphatic carbocycles. The Balaban J connectivity index is 2.35. The molecule has 2 aromatic carbocycles. The molecule has 110 valence electrons. The molecule has 0 aromatic heterocycles. The fourth-order valence-corrected chi connectivity index (χ4v) is 2.02. The van der Waals surface area contributed by atoms with Gasteiger partial charge in [0.1, 0.15) is 11.5 Å². The molecule has 1 atom stereocenters. The molecule has 2 N–H and O–H groups in total. The molecule has 0 bridgehead atoms. The van der Waals surface area contributed by atoms with Crippen molar-refractivity contribution < 1.29 is 19.4 Å². The minimum Gasteiger partial charge on any atom is -0.508 e. The molecule has 0 spiro atoms. The summed E-state index contributed by atoms with van der Waals surface area (Å²) in [5.41, 5.74) is 1.27. The summed E-state index contributed by atoms with van der Waals surface area (Å²) in [4.78, 5) is 12.0. The number of methoxy groups -OCH3 is 2. The molecule has 5 nitrogen and oxygen atoms in total. The van der Waals surface area contributed by atoms with E-state index in [0.29, 0.717) is 17.0 Å². The van der Waals surface area contributed by atoms with Crippen LogP contribution in [0.2, 0.25) is 0 Å². The number of phenols is 1. The lowest BCUT2D eigenvalue weighted by molar-refractivity contribution is -0.141. The standard InChI is InChI=1S/C16H17NO4/c1-20-14-9-4-3-8-13(14)17-15(16(19)21-2)11-6-5-7-12(18)10-11/h3-10,15,17-18H,1-2H3. The first kappa shape index (κ1) is 14.7. The summed E-state index contributed by atoms with van der Waals surface area (Å²) in [6, 6.07) is 13.0. The summed E-state index contributed by atoms with van der Waals surface area (Å²) in [6.45, 7) is 0. The number of anilines is 1. The summed E-state index contributed by atoms with van der Waals surface area (Å²) >= 11 is 0. The third kappa shape index (κ3) is 3.45. The summed E-state index contributed by atoms with van der Waals surface area (Å²) in [5.74, 6) is 0.251. The number of carbonyl (C=O) groups is 1. The average Bonchev–Trinajstić information content (AvgIpc) is 2.52. The number of hydrogen-bond donors (Lipinski definition) is 2. The van der Waals surface area contributed by atoms with Gasteiger partial charge in [-0.15, -0.1) is 0 Å². The molecule has 2 aromatic rings. The third-order valence-electron chi connectivity index (χ3n) is 3.05. The predicted octanol–water partition coefficient (Wildman–Crippen LogP) is 2.73. The normalized spacial score (nSPS) is 11.5. The second kappa shape index (κ2) is 6.65. The van der Waals surface area contributed by atoms with Gasteiger partial charge in [-0.05, 0) is 29.8 Å². The van der Waals surface area contributed by atoms with Gasteiger partial charge in [0.2, 0.25) is 0 Å². The Bertz CT molecular complexity index is 627. The lowest BCUT2D eigenvalue weighted by Crippen LogP contribution is -2.22. The van der Waals surface area contributed by atoms with Crippen LogP contribution in [-0.2, 0) is 9.53 Å². The summed E-state index contributed by atoms with van der Waals surface area (Å²) in [6.07, 6.45) is 0. The molecular formula is C16H17NO4. The highest BCUT2D eigenvalue weighted by molar-refractivity contribution is 5.82. The molecule has 0 radical (unpaired) electrons.